The van der Waals surface area contributed by atoms with Gasteiger partial charge in [-0.05, 0) is 54.3 Å². The molecule has 2 aromatic carbocycles. The summed E-state index contributed by atoms with van der Waals surface area (Å²) < 4.78 is 41.4. The van der Waals surface area contributed by atoms with E-state index < -0.39 is 27.7 Å². The molecule has 2 aromatic rings. The summed E-state index contributed by atoms with van der Waals surface area (Å²) in [6, 6.07) is 12.0. The third-order valence-electron chi connectivity index (χ3n) is 5.37. The molecule has 30 heavy (non-hydrogen) atoms. The van der Waals surface area contributed by atoms with Gasteiger partial charge in [0, 0.05) is 30.6 Å². The Morgan fingerprint density at radius 2 is 1.90 bits per heavy atom. The Hall–Kier alpha value is -1.96. The highest BCUT2D eigenvalue weighted by atomic mass is 35.5. The number of hydrogen-bond acceptors (Lipinski definition) is 3. The smallest absolute Gasteiger partial charge is 0.243 e. The van der Waals surface area contributed by atoms with Crippen LogP contribution in [-0.2, 0) is 14.8 Å². The number of amides is 1. The van der Waals surface area contributed by atoms with E-state index in [1.165, 1.54) is 40.7 Å². The standard InChI is InChI=1S/C22H26ClFN2O3S/c1-15(2)10-11-25-22(27)21-14-26(13-20(21)16-4-3-5-18(24)12-16)30(28,29)19-8-6-17(23)7-9-19/h3-9,12,15,20-21H,10-11,13-14H2,1-2H3,(H,25,27). The Labute approximate surface area is 182 Å². The van der Waals surface area contributed by atoms with Crippen molar-refractivity contribution in [1.29, 1.82) is 0 Å². The van der Waals surface area contributed by atoms with E-state index in [0.717, 1.165) is 6.42 Å². The molecule has 162 valence electrons. The summed E-state index contributed by atoms with van der Waals surface area (Å²) in [6.45, 7) is 4.80. The molecule has 1 saturated heterocycles. The van der Waals surface area contributed by atoms with Gasteiger partial charge in [0.25, 0.3) is 0 Å². The van der Waals surface area contributed by atoms with E-state index in [2.05, 4.69) is 19.2 Å². The lowest BCUT2D eigenvalue weighted by Gasteiger charge is -2.18. The maximum Gasteiger partial charge on any atom is 0.243 e. The van der Waals surface area contributed by atoms with Crippen molar-refractivity contribution in [1.82, 2.24) is 9.62 Å². The van der Waals surface area contributed by atoms with Crippen molar-refractivity contribution < 1.29 is 17.6 Å². The molecule has 2 unspecified atom stereocenters. The van der Waals surface area contributed by atoms with Gasteiger partial charge in [-0.3, -0.25) is 4.79 Å². The van der Waals surface area contributed by atoms with Crippen LogP contribution in [0.25, 0.3) is 0 Å². The van der Waals surface area contributed by atoms with E-state index in [-0.39, 0.29) is 23.9 Å². The van der Waals surface area contributed by atoms with Gasteiger partial charge in [0.15, 0.2) is 0 Å². The van der Waals surface area contributed by atoms with E-state index in [0.29, 0.717) is 23.0 Å². The molecule has 8 heteroatoms. The van der Waals surface area contributed by atoms with Gasteiger partial charge in [0.05, 0.1) is 10.8 Å². The third kappa shape index (κ3) is 5.20. The van der Waals surface area contributed by atoms with Gasteiger partial charge in [0.1, 0.15) is 5.82 Å². The minimum absolute atomic E-state index is 0.0413. The molecule has 5 nitrogen and oxygen atoms in total. The predicted molar refractivity (Wildman–Crippen MR) is 115 cm³/mol. The maximum atomic E-state index is 13.8. The Kier molecular flexibility index (Phi) is 7.16. The van der Waals surface area contributed by atoms with Crippen molar-refractivity contribution in [3.8, 4) is 0 Å². The monoisotopic (exact) mass is 452 g/mol. The highest BCUT2D eigenvalue weighted by Gasteiger charge is 2.43. The topological polar surface area (TPSA) is 66.5 Å². The van der Waals surface area contributed by atoms with Crippen LogP contribution in [0.3, 0.4) is 0 Å². The SMILES string of the molecule is CC(C)CCNC(=O)C1CN(S(=O)(=O)c2ccc(Cl)cc2)CC1c1cccc(F)c1. The van der Waals surface area contributed by atoms with Gasteiger partial charge in [0.2, 0.25) is 15.9 Å². The second-order valence-corrected chi connectivity index (χ2v) is 10.4. The van der Waals surface area contributed by atoms with E-state index in [1.54, 1.807) is 12.1 Å². The number of halogens is 2. The fraction of sp³-hybridized carbons (Fsp3) is 0.409. The molecular formula is C22H26ClFN2O3S. The molecule has 0 aromatic heterocycles. The Morgan fingerprint density at radius 1 is 1.20 bits per heavy atom. The average Bonchev–Trinajstić information content (AvgIpc) is 3.14. The molecule has 0 radical (unpaired) electrons. The molecule has 0 bridgehead atoms. The molecule has 3 rings (SSSR count). The highest BCUT2D eigenvalue weighted by molar-refractivity contribution is 7.89. The summed E-state index contributed by atoms with van der Waals surface area (Å²) in [5.74, 6) is -1.21. The first-order chi connectivity index (χ1) is 14.2. The highest BCUT2D eigenvalue weighted by Crippen LogP contribution is 2.36. The number of carbonyl (C=O) groups is 1. The summed E-state index contributed by atoms with van der Waals surface area (Å²) >= 11 is 5.88. The molecule has 1 aliphatic heterocycles. The number of nitrogens with one attached hydrogen (secondary N) is 1. The van der Waals surface area contributed by atoms with Gasteiger partial charge >= 0.3 is 0 Å². The molecule has 2 atom stereocenters. The van der Waals surface area contributed by atoms with Crippen LogP contribution in [0, 0.1) is 17.7 Å². The molecule has 0 saturated carbocycles. The zero-order valence-corrected chi connectivity index (χ0v) is 18.6. The van der Waals surface area contributed by atoms with Gasteiger partial charge < -0.3 is 5.32 Å². The first-order valence-corrected chi connectivity index (χ1v) is 11.8. The lowest BCUT2D eigenvalue weighted by Crippen LogP contribution is -2.36. The van der Waals surface area contributed by atoms with Crippen LogP contribution >= 0.6 is 11.6 Å². The van der Waals surface area contributed by atoms with Gasteiger partial charge in [-0.25, -0.2) is 12.8 Å². The summed E-state index contributed by atoms with van der Waals surface area (Å²) in [5, 5.41) is 3.36. The van der Waals surface area contributed by atoms with E-state index >= 15 is 0 Å². The van der Waals surface area contributed by atoms with Crippen molar-refractivity contribution in [2.45, 2.75) is 31.1 Å². The van der Waals surface area contributed by atoms with Crippen LogP contribution in [0.15, 0.2) is 53.4 Å². The lowest BCUT2D eigenvalue weighted by molar-refractivity contribution is -0.124. The zero-order valence-electron chi connectivity index (χ0n) is 17.0. The lowest BCUT2D eigenvalue weighted by atomic mass is 9.88. The van der Waals surface area contributed by atoms with E-state index in [1.807, 2.05) is 0 Å². The van der Waals surface area contributed by atoms with Crippen molar-refractivity contribution in [3.05, 3.63) is 64.9 Å². The number of carbonyl (C=O) groups excluding carboxylic acids is 1. The molecular weight excluding hydrogens is 427 g/mol. The fourth-order valence-corrected chi connectivity index (χ4v) is 5.29. The van der Waals surface area contributed by atoms with Crippen LogP contribution in [0.1, 0.15) is 31.7 Å². The predicted octanol–water partition coefficient (Wildman–Crippen LogP) is 4.05. The first kappa shape index (κ1) is 22.7. The molecule has 1 amide bonds. The quantitative estimate of drug-likeness (QED) is 0.689. The first-order valence-electron chi connectivity index (χ1n) is 9.97. The number of hydrogen-bond donors (Lipinski definition) is 1. The average molecular weight is 453 g/mol. The number of nitrogens with zero attached hydrogens (tertiary/aromatic N) is 1. The second-order valence-electron chi connectivity index (χ2n) is 8.02. The summed E-state index contributed by atoms with van der Waals surface area (Å²) in [4.78, 5) is 13.0. The molecule has 1 fully saturated rings. The van der Waals surface area contributed by atoms with E-state index in [9.17, 15) is 17.6 Å². The van der Waals surface area contributed by atoms with Crippen LogP contribution in [0.2, 0.25) is 5.02 Å². The molecule has 1 heterocycles. The summed E-state index contributed by atoms with van der Waals surface area (Å²) in [7, 11) is -3.81. The number of sulfonamides is 1. The van der Waals surface area contributed by atoms with Crippen molar-refractivity contribution in [2.24, 2.45) is 11.8 Å². The van der Waals surface area contributed by atoms with E-state index in [4.69, 9.17) is 11.6 Å². The van der Waals surface area contributed by atoms with Crippen molar-refractivity contribution in [3.63, 3.8) is 0 Å². The van der Waals surface area contributed by atoms with Gasteiger partial charge in [-0.2, -0.15) is 4.31 Å². The normalized spacial score (nSPS) is 19.9. The Bertz CT molecular complexity index is 996. The van der Waals surface area contributed by atoms with Crippen molar-refractivity contribution >= 4 is 27.5 Å². The van der Waals surface area contributed by atoms with Gasteiger partial charge in [-0.1, -0.05) is 37.6 Å². The summed E-state index contributed by atoms with van der Waals surface area (Å²) in [5.41, 5.74) is 0.618. The van der Waals surface area contributed by atoms with Crippen LogP contribution in [0.5, 0.6) is 0 Å². The summed E-state index contributed by atoms with van der Waals surface area (Å²) in [6.07, 6.45) is 0.829. The van der Waals surface area contributed by atoms with Crippen LogP contribution in [0.4, 0.5) is 4.39 Å². The van der Waals surface area contributed by atoms with Crippen molar-refractivity contribution in [2.75, 3.05) is 19.6 Å². The minimum Gasteiger partial charge on any atom is -0.356 e. The van der Waals surface area contributed by atoms with Gasteiger partial charge in [-0.15, -0.1) is 0 Å². The Morgan fingerprint density at radius 3 is 2.53 bits per heavy atom. The number of benzene rings is 2. The third-order valence-corrected chi connectivity index (χ3v) is 7.47. The van der Waals surface area contributed by atoms with Crippen LogP contribution < -0.4 is 5.32 Å². The largest absolute Gasteiger partial charge is 0.356 e. The van der Waals surface area contributed by atoms with Crippen LogP contribution in [-0.4, -0.2) is 38.3 Å². The second kappa shape index (κ2) is 9.45. The zero-order chi connectivity index (χ0) is 21.9. The molecule has 1 aliphatic rings. The minimum atomic E-state index is -3.81. The molecule has 0 aliphatic carbocycles. The molecule has 1 N–H and O–H groups in total. The maximum absolute atomic E-state index is 13.8. The fourth-order valence-electron chi connectivity index (χ4n) is 3.68. The molecule has 0 spiro atoms. The number of rotatable bonds is 7. The Balaban J connectivity index is 1.87.